The van der Waals surface area contributed by atoms with E-state index in [9.17, 15) is 4.79 Å². The molecule has 154 valence electrons. The van der Waals surface area contributed by atoms with Crippen LogP contribution in [0.25, 0.3) is 0 Å². The van der Waals surface area contributed by atoms with Crippen LogP contribution >= 0.6 is 0 Å². The summed E-state index contributed by atoms with van der Waals surface area (Å²) in [4.78, 5) is 11.6. The Labute approximate surface area is 174 Å². The minimum Gasteiger partial charge on any atom is -0.494 e. The van der Waals surface area contributed by atoms with Crippen LogP contribution < -0.4 is 10.1 Å². The largest absolute Gasteiger partial charge is 0.494 e. The molecule has 0 aliphatic heterocycles. The highest BCUT2D eigenvalue weighted by Gasteiger charge is 2.15. The second kappa shape index (κ2) is 11.2. The number of alkyl carbamates (subject to hydrolysis) is 1. The van der Waals surface area contributed by atoms with Gasteiger partial charge in [-0.15, -0.1) is 0 Å². The molecule has 0 bridgehead atoms. The van der Waals surface area contributed by atoms with Gasteiger partial charge in [-0.05, 0) is 82.0 Å². The molecule has 1 amide bonds. The van der Waals surface area contributed by atoms with Crippen LogP contribution in [0.3, 0.4) is 0 Å². The Morgan fingerprint density at radius 1 is 0.966 bits per heavy atom. The molecular weight excluding hydrogens is 362 g/mol. The van der Waals surface area contributed by atoms with Gasteiger partial charge in [0.1, 0.15) is 11.4 Å². The molecule has 4 nitrogen and oxygen atoms in total. The summed E-state index contributed by atoms with van der Waals surface area (Å²) in [6.45, 7) is 8.98. The van der Waals surface area contributed by atoms with Gasteiger partial charge in [0.25, 0.3) is 0 Å². The molecule has 0 saturated heterocycles. The lowest BCUT2D eigenvalue weighted by molar-refractivity contribution is 0.0527. The minimum absolute atomic E-state index is 0.368. The molecule has 2 rings (SSSR count). The highest BCUT2D eigenvalue weighted by atomic mass is 16.6. The summed E-state index contributed by atoms with van der Waals surface area (Å²) >= 11 is 0. The lowest BCUT2D eigenvalue weighted by atomic mass is 10.1. The van der Waals surface area contributed by atoms with E-state index < -0.39 is 5.60 Å². The molecule has 0 radical (unpaired) electrons. The zero-order valence-electron chi connectivity index (χ0n) is 17.9. The van der Waals surface area contributed by atoms with E-state index in [-0.39, 0.29) is 6.09 Å². The fourth-order valence-electron chi connectivity index (χ4n) is 2.55. The molecule has 0 aromatic heterocycles. The molecule has 29 heavy (non-hydrogen) atoms. The summed E-state index contributed by atoms with van der Waals surface area (Å²) in [7, 11) is 0. The van der Waals surface area contributed by atoms with Crippen LogP contribution in [0, 0.1) is 11.8 Å². The first-order chi connectivity index (χ1) is 13.9. The van der Waals surface area contributed by atoms with Gasteiger partial charge in [-0.2, -0.15) is 0 Å². The molecular formula is C25H31NO3. The zero-order valence-corrected chi connectivity index (χ0v) is 17.9. The van der Waals surface area contributed by atoms with Crippen LogP contribution in [0.2, 0.25) is 0 Å². The first-order valence-corrected chi connectivity index (χ1v) is 10.2. The van der Waals surface area contributed by atoms with Crippen molar-refractivity contribution in [2.45, 2.75) is 52.6 Å². The maximum atomic E-state index is 11.6. The number of carbonyl (C=O) groups excluding carboxylic acids is 1. The number of carbonyl (C=O) groups is 1. The van der Waals surface area contributed by atoms with Gasteiger partial charge in [-0.25, -0.2) is 4.79 Å². The third-order valence-electron chi connectivity index (χ3n) is 3.94. The average Bonchev–Trinajstić information content (AvgIpc) is 2.68. The number of hydrogen-bond donors (Lipinski definition) is 1. The van der Waals surface area contributed by atoms with Gasteiger partial charge in [0.2, 0.25) is 0 Å². The standard InChI is InChI=1S/C25H31NO3/c1-5-19-28-23-16-14-22(15-17-23)13-12-21-10-8-20(9-11-21)7-6-18-26-24(27)29-25(2,3)4/h8-11,14-17H,5-7,18-19H2,1-4H3,(H,26,27). The summed E-state index contributed by atoms with van der Waals surface area (Å²) < 4.78 is 10.8. The van der Waals surface area contributed by atoms with E-state index in [2.05, 4.69) is 36.2 Å². The summed E-state index contributed by atoms with van der Waals surface area (Å²) in [5.74, 6) is 7.25. The Morgan fingerprint density at radius 3 is 2.10 bits per heavy atom. The van der Waals surface area contributed by atoms with Crippen molar-refractivity contribution in [3.8, 4) is 17.6 Å². The van der Waals surface area contributed by atoms with Gasteiger partial charge in [0.05, 0.1) is 6.61 Å². The Morgan fingerprint density at radius 2 is 1.55 bits per heavy atom. The Kier molecular flexibility index (Phi) is 8.61. The molecule has 0 saturated carbocycles. The molecule has 2 aromatic rings. The van der Waals surface area contributed by atoms with Gasteiger partial charge in [-0.3, -0.25) is 0 Å². The summed E-state index contributed by atoms with van der Waals surface area (Å²) in [5, 5.41) is 2.78. The smallest absolute Gasteiger partial charge is 0.407 e. The van der Waals surface area contributed by atoms with E-state index in [1.54, 1.807) is 0 Å². The van der Waals surface area contributed by atoms with Crippen LogP contribution in [0.4, 0.5) is 4.79 Å². The van der Waals surface area contributed by atoms with Crippen LogP contribution in [0.5, 0.6) is 5.75 Å². The summed E-state index contributed by atoms with van der Waals surface area (Å²) in [5.41, 5.74) is 2.70. The Bertz CT molecular complexity index is 822. The lowest BCUT2D eigenvalue weighted by Gasteiger charge is -2.19. The predicted octanol–water partition coefficient (Wildman–Crippen LogP) is 5.33. The highest BCUT2D eigenvalue weighted by molar-refractivity contribution is 5.67. The second-order valence-electron chi connectivity index (χ2n) is 7.85. The van der Waals surface area contributed by atoms with Crippen LogP contribution in [0.1, 0.15) is 57.2 Å². The molecule has 0 fully saturated rings. The number of amides is 1. The third-order valence-corrected chi connectivity index (χ3v) is 3.94. The molecule has 0 atom stereocenters. The number of benzene rings is 2. The monoisotopic (exact) mass is 393 g/mol. The Hall–Kier alpha value is -2.93. The van der Waals surface area contributed by atoms with E-state index in [1.165, 1.54) is 5.56 Å². The minimum atomic E-state index is -0.466. The van der Waals surface area contributed by atoms with Crippen molar-refractivity contribution in [3.63, 3.8) is 0 Å². The van der Waals surface area contributed by atoms with E-state index in [1.807, 2.05) is 57.2 Å². The highest BCUT2D eigenvalue weighted by Crippen LogP contribution is 2.12. The summed E-state index contributed by atoms with van der Waals surface area (Å²) in [6, 6.07) is 16.1. The fourth-order valence-corrected chi connectivity index (χ4v) is 2.55. The van der Waals surface area contributed by atoms with Gasteiger partial charge in [-0.1, -0.05) is 30.9 Å². The van der Waals surface area contributed by atoms with Crippen molar-refractivity contribution in [2.24, 2.45) is 0 Å². The molecule has 0 spiro atoms. The summed E-state index contributed by atoms with van der Waals surface area (Å²) in [6.07, 6.45) is 2.38. The van der Waals surface area contributed by atoms with E-state index >= 15 is 0 Å². The number of hydrogen-bond acceptors (Lipinski definition) is 3. The van der Waals surface area contributed by atoms with Gasteiger partial charge in [0.15, 0.2) is 0 Å². The van der Waals surface area contributed by atoms with Crippen molar-refractivity contribution in [3.05, 3.63) is 65.2 Å². The van der Waals surface area contributed by atoms with Crippen LogP contribution in [0.15, 0.2) is 48.5 Å². The van der Waals surface area contributed by atoms with Gasteiger partial charge in [0, 0.05) is 17.7 Å². The molecule has 0 heterocycles. The van der Waals surface area contributed by atoms with E-state index in [0.29, 0.717) is 6.54 Å². The molecule has 0 unspecified atom stereocenters. The molecule has 4 heteroatoms. The quantitative estimate of drug-likeness (QED) is 0.511. The predicted molar refractivity (Wildman–Crippen MR) is 117 cm³/mol. The second-order valence-corrected chi connectivity index (χ2v) is 7.85. The van der Waals surface area contributed by atoms with Crippen LogP contribution in [-0.4, -0.2) is 24.8 Å². The van der Waals surface area contributed by atoms with E-state index in [4.69, 9.17) is 9.47 Å². The zero-order chi connectivity index (χ0) is 21.1. The van der Waals surface area contributed by atoms with Crippen molar-refractivity contribution >= 4 is 6.09 Å². The lowest BCUT2D eigenvalue weighted by Crippen LogP contribution is -2.33. The maximum Gasteiger partial charge on any atom is 0.407 e. The number of nitrogens with one attached hydrogen (secondary N) is 1. The van der Waals surface area contributed by atoms with Gasteiger partial charge >= 0.3 is 6.09 Å². The van der Waals surface area contributed by atoms with Crippen molar-refractivity contribution in [1.29, 1.82) is 0 Å². The van der Waals surface area contributed by atoms with Gasteiger partial charge < -0.3 is 14.8 Å². The Balaban J connectivity index is 1.77. The average molecular weight is 394 g/mol. The first kappa shape index (κ1) is 22.4. The number of aryl methyl sites for hydroxylation is 1. The number of ether oxygens (including phenoxy) is 2. The molecule has 2 aromatic carbocycles. The van der Waals surface area contributed by atoms with Crippen molar-refractivity contribution < 1.29 is 14.3 Å². The normalized spacial score (nSPS) is 10.6. The third kappa shape index (κ3) is 9.21. The van der Waals surface area contributed by atoms with Crippen molar-refractivity contribution in [2.75, 3.05) is 13.2 Å². The van der Waals surface area contributed by atoms with Crippen LogP contribution in [-0.2, 0) is 11.2 Å². The van der Waals surface area contributed by atoms with Crippen molar-refractivity contribution in [1.82, 2.24) is 5.32 Å². The first-order valence-electron chi connectivity index (χ1n) is 10.2. The topological polar surface area (TPSA) is 47.6 Å². The SMILES string of the molecule is CCCOc1ccc(C#Cc2ccc(CCCNC(=O)OC(C)(C)C)cc2)cc1. The molecule has 0 aliphatic carbocycles. The molecule has 0 aliphatic rings. The number of rotatable bonds is 7. The molecule has 1 N–H and O–H groups in total. The van der Waals surface area contributed by atoms with E-state index in [0.717, 1.165) is 42.7 Å². The maximum absolute atomic E-state index is 11.6. The fraction of sp³-hybridized carbons (Fsp3) is 0.400.